The molecule has 3 heterocycles. The first-order chi connectivity index (χ1) is 11.2. The molecule has 1 aliphatic heterocycles. The standard InChI is InChI=1S/C14H13ClFN7/c15-11-2-1-10(7-12(11)16)22-6-5-9(8-22)17-13-3-4-14-18-20-21-23(14)19-13/h1-4,7,9H,5-6,8H2,(H,17,19)/t9-/m0/s1. The molecule has 118 valence electrons. The number of nitrogens with zero attached hydrogens (tertiary/aromatic N) is 6. The van der Waals surface area contributed by atoms with Gasteiger partial charge in [-0.15, -0.1) is 14.8 Å². The van der Waals surface area contributed by atoms with E-state index in [9.17, 15) is 4.39 Å². The van der Waals surface area contributed by atoms with E-state index in [2.05, 4.69) is 30.8 Å². The molecule has 0 bridgehead atoms. The molecular weight excluding hydrogens is 321 g/mol. The van der Waals surface area contributed by atoms with Crippen molar-refractivity contribution in [2.75, 3.05) is 23.3 Å². The summed E-state index contributed by atoms with van der Waals surface area (Å²) in [6.45, 7) is 1.60. The maximum absolute atomic E-state index is 13.6. The lowest BCUT2D eigenvalue weighted by Gasteiger charge is -2.19. The quantitative estimate of drug-likeness (QED) is 0.790. The molecular formula is C14H13ClFN7. The SMILES string of the molecule is Fc1cc(N2CC[C@H](Nc3ccc4nnnn4n3)C2)ccc1Cl. The molecule has 0 unspecified atom stereocenters. The van der Waals surface area contributed by atoms with Gasteiger partial charge in [-0.25, -0.2) is 4.39 Å². The van der Waals surface area contributed by atoms with E-state index in [0.717, 1.165) is 25.2 Å². The van der Waals surface area contributed by atoms with Gasteiger partial charge >= 0.3 is 0 Å². The van der Waals surface area contributed by atoms with Gasteiger partial charge in [-0.05, 0) is 47.2 Å². The lowest BCUT2D eigenvalue weighted by molar-refractivity contribution is 0.627. The van der Waals surface area contributed by atoms with Crippen LogP contribution < -0.4 is 10.2 Å². The highest BCUT2D eigenvalue weighted by atomic mass is 35.5. The monoisotopic (exact) mass is 333 g/mol. The van der Waals surface area contributed by atoms with E-state index in [4.69, 9.17) is 11.6 Å². The number of hydrogen-bond donors (Lipinski definition) is 1. The number of benzene rings is 1. The fourth-order valence-electron chi connectivity index (χ4n) is 2.73. The van der Waals surface area contributed by atoms with Crippen LogP contribution in [0.15, 0.2) is 30.3 Å². The second-order valence-electron chi connectivity index (χ2n) is 5.42. The van der Waals surface area contributed by atoms with Crippen molar-refractivity contribution in [1.29, 1.82) is 0 Å². The molecule has 0 spiro atoms. The van der Waals surface area contributed by atoms with Crippen molar-refractivity contribution in [2.24, 2.45) is 0 Å². The Morgan fingerprint density at radius 1 is 1.26 bits per heavy atom. The second-order valence-corrected chi connectivity index (χ2v) is 5.83. The number of fused-ring (bicyclic) bond motifs is 1. The molecule has 7 nitrogen and oxygen atoms in total. The fourth-order valence-corrected chi connectivity index (χ4v) is 2.85. The molecule has 0 amide bonds. The Kier molecular flexibility index (Phi) is 3.45. The van der Waals surface area contributed by atoms with Gasteiger partial charge < -0.3 is 10.2 Å². The van der Waals surface area contributed by atoms with Crippen LogP contribution in [0, 0.1) is 5.82 Å². The average molecular weight is 334 g/mol. The van der Waals surface area contributed by atoms with Crippen LogP contribution in [-0.4, -0.2) is 44.4 Å². The van der Waals surface area contributed by atoms with E-state index < -0.39 is 5.82 Å². The second kappa shape index (κ2) is 5.62. The van der Waals surface area contributed by atoms with Crippen LogP contribution in [0.5, 0.6) is 0 Å². The van der Waals surface area contributed by atoms with E-state index in [1.54, 1.807) is 12.1 Å². The van der Waals surface area contributed by atoms with E-state index in [1.807, 2.05) is 12.1 Å². The Morgan fingerprint density at radius 2 is 2.17 bits per heavy atom. The van der Waals surface area contributed by atoms with Crippen LogP contribution in [0.2, 0.25) is 5.02 Å². The van der Waals surface area contributed by atoms with Gasteiger partial charge in [0.25, 0.3) is 0 Å². The highest BCUT2D eigenvalue weighted by Gasteiger charge is 2.23. The molecule has 23 heavy (non-hydrogen) atoms. The first kappa shape index (κ1) is 14.1. The van der Waals surface area contributed by atoms with Crippen molar-refractivity contribution in [3.05, 3.63) is 41.2 Å². The molecule has 1 fully saturated rings. The smallest absolute Gasteiger partial charge is 0.200 e. The summed E-state index contributed by atoms with van der Waals surface area (Å²) >= 11 is 5.73. The van der Waals surface area contributed by atoms with Gasteiger partial charge in [0.1, 0.15) is 11.6 Å². The predicted octanol–water partition coefficient (Wildman–Crippen LogP) is 2.00. The number of tetrazole rings is 1. The Morgan fingerprint density at radius 3 is 3.04 bits per heavy atom. The molecule has 3 aromatic rings. The molecule has 1 aliphatic rings. The Bertz CT molecular complexity index is 852. The zero-order chi connectivity index (χ0) is 15.8. The molecule has 1 saturated heterocycles. The van der Waals surface area contributed by atoms with Gasteiger partial charge in [-0.1, -0.05) is 11.6 Å². The molecule has 1 N–H and O–H groups in total. The van der Waals surface area contributed by atoms with Crippen molar-refractivity contribution in [1.82, 2.24) is 25.3 Å². The van der Waals surface area contributed by atoms with Crippen LogP contribution in [0.25, 0.3) is 5.65 Å². The van der Waals surface area contributed by atoms with E-state index in [-0.39, 0.29) is 11.1 Å². The molecule has 9 heteroatoms. The van der Waals surface area contributed by atoms with Crippen LogP contribution in [0.4, 0.5) is 15.9 Å². The summed E-state index contributed by atoms with van der Waals surface area (Å²) in [6.07, 6.45) is 0.930. The molecule has 0 radical (unpaired) electrons. The molecule has 0 aliphatic carbocycles. The van der Waals surface area contributed by atoms with Gasteiger partial charge in [-0.2, -0.15) is 0 Å². The number of rotatable bonds is 3. The predicted molar refractivity (Wildman–Crippen MR) is 84.2 cm³/mol. The van der Waals surface area contributed by atoms with Crippen molar-refractivity contribution in [3.8, 4) is 0 Å². The first-order valence-corrected chi connectivity index (χ1v) is 7.59. The van der Waals surface area contributed by atoms with Crippen molar-refractivity contribution < 1.29 is 4.39 Å². The van der Waals surface area contributed by atoms with E-state index >= 15 is 0 Å². The topological polar surface area (TPSA) is 71.2 Å². The zero-order valence-electron chi connectivity index (χ0n) is 12.0. The number of nitrogens with one attached hydrogen (secondary N) is 1. The molecule has 0 saturated carbocycles. The minimum Gasteiger partial charge on any atom is -0.369 e. The summed E-state index contributed by atoms with van der Waals surface area (Å²) in [4.78, 5) is 2.12. The minimum atomic E-state index is -0.397. The Balaban J connectivity index is 1.46. The number of halogens is 2. The molecule has 1 aromatic carbocycles. The largest absolute Gasteiger partial charge is 0.369 e. The van der Waals surface area contributed by atoms with Gasteiger partial charge in [-0.3, -0.25) is 0 Å². The first-order valence-electron chi connectivity index (χ1n) is 7.21. The third kappa shape index (κ3) is 2.77. The van der Waals surface area contributed by atoms with Gasteiger partial charge in [0, 0.05) is 24.8 Å². The summed E-state index contributed by atoms with van der Waals surface area (Å²) in [7, 11) is 0. The number of anilines is 2. The normalized spacial score (nSPS) is 17.8. The molecule has 1 atom stereocenters. The van der Waals surface area contributed by atoms with Gasteiger partial charge in [0.05, 0.1) is 5.02 Å². The lowest BCUT2D eigenvalue weighted by atomic mass is 10.2. The minimum absolute atomic E-state index is 0.140. The Hall–Kier alpha value is -2.48. The van der Waals surface area contributed by atoms with Gasteiger partial charge in [0.2, 0.25) is 0 Å². The van der Waals surface area contributed by atoms with Crippen LogP contribution >= 0.6 is 11.6 Å². The third-order valence-corrected chi connectivity index (χ3v) is 4.18. The number of hydrogen-bond acceptors (Lipinski definition) is 6. The molecule has 2 aromatic heterocycles. The van der Waals surface area contributed by atoms with Crippen molar-refractivity contribution in [2.45, 2.75) is 12.5 Å². The summed E-state index contributed by atoms with van der Waals surface area (Å²) in [5, 5.41) is 18.9. The van der Waals surface area contributed by atoms with Crippen LogP contribution in [-0.2, 0) is 0 Å². The summed E-state index contributed by atoms with van der Waals surface area (Å²) in [5.74, 6) is 0.310. The third-order valence-electron chi connectivity index (χ3n) is 3.88. The van der Waals surface area contributed by atoms with Gasteiger partial charge in [0.15, 0.2) is 5.65 Å². The van der Waals surface area contributed by atoms with Crippen molar-refractivity contribution in [3.63, 3.8) is 0 Å². The van der Waals surface area contributed by atoms with Crippen LogP contribution in [0.1, 0.15) is 6.42 Å². The number of aromatic nitrogens is 5. The maximum atomic E-state index is 13.6. The fraction of sp³-hybridized carbons (Fsp3) is 0.286. The van der Waals surface area contributed by atoms with Crippen LogP contribution in [0.3, 0.4) is 0 Å². The van der Waals surface area contributed by atoms with E-state index in [0.29, 0.717) is 11.5 Å². The summed E-state index contributed by atoms with van der Waals surface area (Å²) < 4.78 is 15.0. The summed E-state index contributed by atoms with van der Waals surface area (Å²) in [5.41, 5.74) is 1.43. The summed E-state index contributed by atoms with van der Waals surface area (Å²) in [6, 6.07) is 8.75. The lowest BCUT2D eigenvalue weighted by Crippen LogP contribution is -2.26. The highest BCUT2D eigenvalue weighted by molar-refractivity contribution is 6.30. The van der Waals surface area contributed by atoms with E-state index in [1.165, 1.54) is 10.7 Å². The zero-order valence-corrected chi connectivity index (χ0v) is 12.8. The maximum Gasteiger partial charge on any atom is 0.200 e. The average Bonchev–Trinajstić information content (AvgIpc) is 3.19. The Labute approximate surface area is 136 Å². The highest BCUT2D eigenvalue weighted by Crippen LogP contribution is 2.25. The van der Waals surface area contributed by atoms with Crippen molar-refractivity contribution >= 4 is 28.8 Å². The molecule has 4 rings (SSSR count).